The molecule has 144 valence electrons. The van der Waals surface area contributed by atoms with Crippen molar-refractivity contribution in [3.8, 4) is 28.6 Å². The zero-order valence-electron chi connectivity index (χ0n) is 15.8. The molecule has 1 amide bonds. The third-order valence-electron chi connectivity index (χ3n) is 4.45. The summed E-state index contributed by atoms with van der Waals surface area (Å²) in [5, 5.41) is 6.98. The van der Waals surface area contributed by atoms with Crippen LogP contribution in [0.4, 0.5) is 0 Å². The maximum Gasteiger partial charge on any atom is 0.259 e. The van der Waals surface area contributed by atoms with Crippen molar-refractivity contribution in [1.82, 2.24) is 15.5 Å². The lowest BCUT2D eigenvalue weighted by molar-refractivity contribution is 0.0951. The maximum absolute atomic E-state index is 12.8. The minimum atomic E-state index is -0.220. The topological polar surface area (TPSA) is 77.2 Å². The normalized spacial score (nSPS) is 10.5. The van der Waals surface area contributed by atoms with Crippen LogP contribution in [0.5, 0.6) is 5.75 Å². The number of nitrogens with zero attached hydrogens (tertiary/aromatic N) is 2. The van der Waals surface area contributed by atoms with E-state index in [1.807, 2.05) is 60.7 Å². The number of hydrogen-bond acceptors (Lipinski definition) is 5. The summed E-state index contributed by atoms with van der Waals surface area (Å²) in [6, 6.07) is 24.3. The van der Waals surface area contributed by atoms with Gasteiger partial charge >= 0.3 is 0 Å². The summed E-state index contributed by atoms with van der Waals surface area (Å²) >= 11 is 0. The number of ether oxygens (including phenoxy) is 1. The molecule has 1 aromatic heterocycles. The number of aromatic nitrogens is 2. The van der Waals surface area contributed by atoms with Gasteiger partial charge in [0.15, 0.2) is 0 Å². The molecular weight excluding hydrogens is 366 g/mol. The Kier molecular flexibility index (Phi) is 5.33. The monoisotopic (exact) mass is 385 g/mol. The van der Waals surface area contributed by atoms with E-state index < -0.39 is 0 Å². The molecule has 0 fully saturated rings. The molecule has 0 unspecified atom stereocenters. The van der Waals surface area contributed by atoms with Crippen molar-refractivity contribution < 1.29 is 14.1 Å². The SMILES string of the molecule is COc1cccc(CNC(=O)c2ccccc2-c2nc(-c3ccccc3)no2)c1. The van der Waals surface area contributed by atoms with Gasteiger partial charge in [0.1, 0.15) is 5.75 Å². The van der Waals surface area contributed by atoms with Crippen LogP contribution >= 0.6 is 0 Å². The Bertz CT molecular complexity index is 1120. The van der Waals surface area contributed by atoms with Gasteiger partial charge in [0.2, 0.25) is 5.82 Å². The summed E-state index contributed by atoms with van der Waals surface area (Å²) in [4.78, 5) is 17.3. The van der Waals surface area contributed by atoms with E-state index in [0.717, 1.165) is 16.9 Å². The van der Waals surface area contributed by atoms with Crippen molar-refractivity contribution in [3.63, 3.8) is 0 Å². The number of benzene rings is 3. The van der Waals surface area contributed by atoms with Gasteiger partial charge in [-0.25, -0.2) is 0 Å². The standard InChI is InChI=1S/C23H19N3O3/c1-28-18-11-7-8-16(14-18)15-24-22(27)19-12-5-6-13-20(19)23-25-21(26-29-23)17-9-3-2-4-10-17/h2-14H,15H2,1H3,(H,24,27). The van der Waals surface area contributed by atoms with E-state index in [9.17, 15) is 4.79 Å². The number of carbonyl (C=O) groups is 1. The molecular formula is C23H19N3O3. The highest BCUT2D eigenvalue weighted by Crippen LogP contribution is 2.25. The quantitative estimate of drug-likeness (QED) is 0.534. The second kappa shape index (κ2) is 8.39. The molecule has 6 heteroatoms. The summed E-state index contributed by atoms with van der Waals surface area (Å²) in [6.07, 6.45) is 0. The summed E-state index contributed by atoms with van der Waals surface area (Å²) < 4.78 is 10.7. The minimum absolute atomic E-state index is 0.220. The molecule has 0 aliphatic carbocycles. The van der Waals surface area contributed by atoms with Crippen molar-refractivity contribution in [2.45, 2.75) is 6.54 Å². The molecule has 0 saturated carbocycles. The smallest absolute Gasteiger partial charge is 0.259 e. The molecule has 6 nitrogen and oxygen atoms in total. The molecule has 0 atom stereocenters. The summed E-state index contributed by atoms with van der Waals surface area (Å²) in [5.41, 5.74) is 2.85. The fourth-order valence-corrected chi connectivity index (χ4v) is 2.96. The van der Waals surface area contributed by atoms with Crippen LogP contribution in [-0.2, 0) is 6.54 Å². The highest BCUT2D eigenvalue weighted by molar-refractivity contribution is 6.00. The van der Waals surface area contributed by atoms with Crippen LogP contribution < -0.4 is 10.1 Å². The van der Waals surface area contributed by atoms with Gasteiger partial charge in [-0.15, -0.1) is 0 Å². The van der Waals surface area contributed by atoms with E-state index in [1.54, 1.807) is 25.3 Å². The maximum atomic E-state index is 12.8. The van der Waals surface area contributed by atoms with Crippen LogP contribution in [0.3, 0.4) is 0 Å². The van der Waals surface area contributed by atoms with E-state index in [-0.39, 0.29) is 5.91 Å². The Morgan fingerprint density at radius 2 is 1.79 bits per heavy atom. The number of methoxy groups -OCH3 is 1. The average Bonchev–Trinajstić information content (AvgIpc) is 3.28. The van der Waals surface area contributed by atoms with Crippen molar-refractivity contribution in [3.05, 3.63) is 90.0 Å². The summed E-state index contributed by atoms with van der Waals surface area (Å²) in [5.74, 6) is 1.31. The summed E-state index contributed by atoms with van der Waals surface area (Å²) in [6.45, 7) is 0.378. The van der Waals surface area contributed by atoms with Gasteiger partial charge in [-0.05, 0) is 29.8 Å². The van der Waals surface area contributed by atoms with Crippen LogP contribution in [0.25, 0.3) is 22.8 Å². The van der Waals surface area contributed by atoms with Crippen LogP contribution in [0.15, 0.2) is 83.4 Å². The van der Waals surface area contributed by atoms with Gasteiger partial charge in [0.25, 0.3) is 11.8 Å². The second-order valence-electron chi connectivity index (χ2n) is 6.37. The van der Waals surface area contributed by atoms with E-state index in [1.165, 1.54) is 0 Å². The van der Waals surface area contributed by atoms with Crippen molar-refractivity contribution in [1.29, 1.82) is 0 Å². The Morgan fingerprint density at radius 3 is 2.62 bits per heavy atom. The first kappa shape index (κ1) is 18.4. The highest BCUT2D eigenvalue weighted by Gasteiger charge is 2.18. The van der Waals surface area contributed by atoms with Gasteiger partial charge in [-0.2, -0.15) is 4.98 Å². The number of rotatable bonds is 6. The van der Waals surface area contributed by atoms with Gasteiger partial charge in [0.05, 0.1) is 18.2 Å². The minimum Gasteiger partial charge on any atom is -0.497 e. The molecule has 1 heterocycles. The third kappa shape index (κ3) is 4.16. The molecule has 29 heavy (non-hydrogen) atoms. The Balaban J connectivity index is 1.55. The Hall–Kier alpha value is -3.93. The lowest BCUT2D eigenvalue weighted by atomic mass is 10.1. The highest BCUT2D eigenvalue weighted by atomic mass is 16.5. The molecule has 4 rings (SSSR count). The van der Waals surface area contributed by atoms with Gasteiger partial charge < -0.3 is 14.6 Å². The van der Waals surface area contributed by atoms with E-state index >= 15 is 0 Å². The van der Waals surface area contributed by atoms with Gasteiger partial charge in [-0.1, -0.05) is 59.8 Å². The second-order valence-corrected chi connectivity index (χ2v) is 6.37. The van der Waals surface area contributed by atoms with Crippen molar-refractivity contribution >= 4 is 5.91 Å². The number of amides is 1. The predicted molar refractivity (Wildman–Crippen MR) is 109 cm³/mol. The molecule has 0 radical (unpaired) electrons. The fraction of sp³-hybridized carbons (Fsp3) is 0.0870. The molecule has 0 bridgehead atoms. The van der Waals surface area contributed by atoms with E-state index in [4.69, 9.17) is 9.26 Å². The van der Waals surface area contributed by atoms with Crippen molar-refractivity contribution in [2.24, 2.45) is 0 Å². The molecule has 0 saturated heterocycles. The molecule has 0 spiro atoms. The average molecular weight is 385 g/mol. The largest absolute Gasteiger partial charge is 0.497 e. The molecule has 1 N–H and O–H groups in total. The Labute approximate surface area is 168 Å². The van der Waals surface area contributed by atoms with E-state index in [0.29, 0.717) is 29.4 Å². The lowest BCUT2D eigenvalue weighted by Gasteiger charge is -2.09. The number of nitrogens with one attached hydrogen (secondary N) is 1. The van der Waals surface area contributed by atoms with Crippen LogP contribution in [0.1, 0.15) is 15.9 Å². The summed E-state index contributed by atoms with van der Waals surface area (Å²) in [7, 11) is 1.61. The van der Waals surface area contributed by atoms with Gasteiger partial charge in [0, 0.05) is 12.1 Å². The van der Waals surface area contributed by atoms with Crippen LogP contribution in [-0.4, -0.2) is 23.2 Å². The number of carbonyl (C=O) groups excluding carboxylic acids is 1. The van der Waals surface area contributed by atoms with E-state index in [2.05, 4.69) is 15.5 Å². The van der Waals surface area contributed by atoms with Crippen LogP contribution in [0, 0.1) is 0 Å². The molecule has 4 aromatic rings. The zero-order chi connectivity index (χ0) is 20.1. The van der Waals surface area contributed by atoms with Crippen LogP contribution in [0.2, 0.25) is 0 Å². The first-order valence-corrected chi connectivity index (χ1v) is 9.14. The lowest BCUT2D eigenvalue weighted by Crippen LogP contribution is -2.23. The first-order chi connectivity index (χ1) is 14.2. The molecule has 0 aliphatic rings. The molecule has 0 aliphatic heterocycles. The van der Waals surface area contributed by atoms with Gasteiger partial charge in [-0.3, -0.25) is 4.79 Å². The van der Waals surface area contributed by atoms with Crippen molar-refractivity contribution in [2.75, 3.05) is 7.11 Å². The number of hydrogen-bond donors (Lipinski definition) is 1. The first-order valence-electron chi connectivity index (χ1n) is 9.14. The fourth-order valence-electron chi connectivity index (χ4n) is 2.96. The molecule has 3 aromatic carbocycles. The zero-order valence-corrected chi connectivity index (χ0v) is 15.8. The predicted octanol–water partition coefficient (Wildman–Crippen LogP) is 4.34. The Morgan fingerprint density at radius 1 is 1.00 bits per heavy atom. The third-order valence-corrected chi connectivity index (χ3v) is 4.45.